The fraction of sp³-hybridized carbons (Fsp3) is 0.412. The van der Waals surface area contributed by atoms with Gasteiger partial charge in [0.05, 0.1) is 23.0 Å². The van der Waals surface area contributed by atoms with Crippen molar-refractivity contribution in [2.24, 2.45) is 5.92 Å². The maximum atomic E-state index is 12.2. The summed E-state index contributed by atoms with van der Waals surface area (Å²) in [6.07, 6.45) is -0.380. The van der Waals surface area contributed by atoms with Crippen molar-refractivity contribution in [1.82, 2.24) is 9.62 Å². The number of hydrogen-bond acceptors (Lipinski definition) is 5. The van der Waals surface area contributed by atoms with Crippen molar-refractivity contribution < 1.29 is 24.0 Å². The summed E-state index contributed by atoms with van der Waals surface area (Å²) >= 11 is 7.13. The molecule has 0 aromatic heterocycles. The minimum absolute atomic E-state index is 0.00530. The van der Waals surface area contributed by atoms with Crippen molar-refractivity contribution in [3.63, 3.8) is 0 Å². The lowest BCUT2D eigenvalue weighted by atomic mass is 9.83. The second kappa shape index (κ2) is 8.32. The third-order valence-electron chi connectivity index (χ3n) is 4.53. The van der Waals surface area contributed by atoms with E-state index in [0.717, 1.165) is 0 Å². The second-order valence-electron chi connectivity index (χ2n) is 6.29. The molecule has 27 heavy (non-hydrogen) atoms. The lowest BCUT2D eigenvalue weighted by Gasteiger charge is -2.44. The maximum Gasteiger partial charge on any atom is 0.353 e. The van der Waals surface area contributed by atoms with Crippen molar-refractivity contribution in [3.05, 3.63) is 39.9 Å². The average molecular weight is 431 g/mol. The van der Waals surface area contributed by atoms with E-state index in [4.69, 9.17) is 11.6 Å². The Morgan fingerprint density at radius 2 is 2.11 bits per heavy atom. The fourth-order valence-electron chi connectivity index (χ4n) is 3.31. The molecule has 0 radical (unpaired) electrons. The molecule has 10 heteroatoms. The number of benzene rings is 1. The molecular weight excluding hydrogens is 412 g/mol. The molecule has 7 nitrogen and oxygen atoms in total. The van der Waals surface area contributed by atoms with E-state index in [-0.39, 0.29) is 17.6 Å². The minimum atomic E-state index is -1.38. The first-order valence-electron chi connectivity index (χ1n) is 8.32. The van der Waals surface area contributed by atoms with Crippen LogP contribution in [0, 0.1) is 5.92 Å². The molecule has 2 aliphatic rings. The Morgan fingerprint density at radius 1 is 1.44 bits per heavy atom. The summed E-state index contributed by atoms with van der Waals surface area (Å²) in [6, 6.07) is 6.38. The quantitative estimate of drug-likeness (QED) is 0.427. The van der Waals surface area contributed by atoms with Crippen LogP contribution in [0.15, 0.2) is 39.8 Å². The number of carbonyl (C=O) groups excluding carboxylic acids is 1. The molecular formula is C17H19ClN2O5S2. The molecule has 146 valence electrons. The van der Waals surface area contributed by atoms with Crippen LogP contribution in [0.5, 0.6) is 0 Å². The van der Waals surface area contributed by atoms with Crippen molar-refractivity contribution in [3.8, 4) is 0 Å². The van der Waals surface area contributed by atoms with Crippen molar-refractivity contribution in [1.29, 1.82) is 0 Å². The number of nitrogens with zero attached hydrogens (tertiary/aromatic N) is 1. The van der Waals surface area contributed by atoms with Crippen LogP contribution < -0.4 is 4.72 Å². The van der Waals surface area contributed by atoms with Gasteiger partial charge in [-0.2, -0.15) is 0 Å². The van der Waals surface area contributed by atoms with Crippen molar-refractivity contribution >= 4 is 46.2 Å². The number of rotatable bonds is 8. The summed E-state index contributed by atoms with van der Waals surface area (Å²) in [5.41, 5.74) is 0.00530. The van der Waals surface area contributed by atoms with Gasteiger partial charge in [0, 0.05) is 28.6 Å². The van der Waals surface area contributed by atoms with Gasteiger partial charge in [0.25, 0.3) is 0 Å². The Morgan fingerprint density at radius 3 is 2.70 bits per heavy atom. The molecule has 1 unspecified atom stereocenters. The number of carboxylic acid groups (broad SMARTS) is 1. The number of β-lactam (4-membered cyclic amide) rings is 1. The number of amides is 1. The molecule has 2 heterocycles. The molecule has 1 aromatic carbocycles. The van der Waals surface area contributed by atoms with E-state index < -0.39 is 29.0 Å². The van der Waals surface area contributed by atoms with Gasteiger partial charge in [-0.1, -0.05) is 11.6 Å². The van der Waals surface area contributed by atoms with Crippen LogP contribution in [0.1, 0.15) is 13.3 Å². The van der Waals surface area contributed by atoms with Crippen molar-refractivity contribution in [2.45, 2.75) is 30.4 Å². The SMILES string of the molecule is C[C@@H](O)[C@H]1C(=O)N2C(C(=O)O)=C(SCCNS(=O)c3ccc(Cl)cc3)C[C@H]12. The van der Waals surface area contributed by atoms with Gasteiger partial charge in [0.1, 0.15) is 16.7 Å². The van der Waals surface area contributed by atoms with Crippen LogP contribution in [0.2, 0.25) is 5.02 Å². The molecule has 3 rings (SSSR count). The molecule has 0 spiro atoms. The Hall–Kier alpha value is -1.39. The summed E-state index contributed by atoms with van der Waals surface area (Å²) in [5.74, 6) is -1.53. The molecule has 1 aromatic rings. The Balaban J connectivity index is 1.56. The Kier molecular flexibility index (Phi) is 6.27. The van der Waals surface area contributed by atoms with Crippen LogP contribution in [0.25, 0.3) is 0 Å². The predicted octanol–water partition coefficient (Wildman–Crippen LogP) is 1.59. The minimum Gasteiger partial charge on any atom is -0.477 e. The number of nitrogens with one attached hydrogen (secondary N) is 1. The largest absolute Gasteiger partial charge is 0.477 e. The zero-order valence-electron chi connectivity index (χ0n) is 14.4. The van der Waals surface area contributed by atoms with Gasteiger partial charge >= 0.3 is 5.97 Å². The van der Waals surface area contributed by atoms with Gasteiger partial charge in [-0.25, -0.2) is 13.7 Å². The first-order valence-corrected chi connectivity index (χ1v) is 10.8. The summed E-state index contributed by atoms with van der Waals surface area (Å²) in [4.78, 5) is 26.2. The highest BCUT2D eigenvalue weighted by Gasteiger charge is 2.56. The van der Waals surface area contributed by atoms with Gasteiger partial charge in [-0.15, -0.1) is 11.8 Å². The van der Waals surface area contributed by atoms with E-state index in [0.29, 0.717) is 33.5 Å². The first-order chi connectivity index (χ1) is 12.8. The molecule has 0 bridgehead atoms. The molecule has 3 N–H and O–H groups in total. The number of thioether (sulfide) groups is 1. The summed E-state index contributed by atoms with van der Waals surface area (Å²) < 4.78 is 15.0. The summed E-state index contributed by atoms with van der Waals surface area (Å²) in [6.45, 7) is 1.94. The smallest absolute Gasteiger partial charge is 0.353 e. The highest BCUT2D eigenvalue weighted by atomic mass is 35.5. The number of aliphatic hydroxyl groups excluding tert-OH is 1. The molecule has 2 aliphatic heterocycles. The van der Waals surface area contributed by atoms with Crippen LogP contribution >= 0.6 is 23.4 Å². The molecule has 4 atom stereocenters. The topological polar surface area (TPSA) is 107 Å². The van der Waals surface area contributed by atoms with Gasteiger partial charge < -0.3 is 15.1 Å². The van der Waals surface area contributed by atoms with E-state index in [1.807, 2.05) is 0 Å². The predicted molar refractivity (Wildman–Crippen MR) is 103 cm³/mol. The Labute approximate surface area is 168 Å². The zero-order valence-corrected chi connectivity index (χ0v) is 16.8. The molecule has 1 amide bonds. The van der Waals surface area contributed by atoms with E-state index in [1.165, 1.54) is 16.7 Å². The van der Waals surface area contributed by atoms with E-state index in [9.17, 15) is 24.0 Å². The zero-order chi connectivity index (χ0) is 19.7. The van der Waals surface area contributed by atoms with E-state index in [2.05, 4.69) is 4.72 Å². The van der Waals surface area contributed by atoms with Gasteiger partial charge in [-0.3, -0.25) is 4.79 Å². The molecule has 0 aliphatic carbocycles. The summed E-state index contributed by atoms with van der Waals surface area (Å²) in [5, 5.41) is 19.8. The number of halogens is 1. The monoisotopic (exact) mass is 430 g/mol. The van der Waals surface area contributed by atoms with Crippen LogP contribution in [-0.4, -0.2) is 55.6 Å². The standard InChI is InChI=1S/C17H19ClN2O5S2/c1-9(21)14-12-8-13(15(17(23)24)20(12)16(14)22)26-7-6-19-27(25)11-4-2-10(18)3-5-11/h2-5,9,12,14,19,21H,6-8H2,1H3,(H,23,24)/t9-,12-,14-,27?/m1/s1. The average Bonchev–Trinajstić information content (AvgIpc) is 2.93. The third kappa shape index (κ3) is 4.07. The first kappa shape index (κ1) is 20.3. The highest BCUT2D eigenvalue weighted by molar-refractivity contribution is 8.03. The van der Waals surface area contributed by atoms with Crippen LogP contribution in [0.4, 0.5) is 0 Å². The number of hydrogen-bond donors (Lipinski definition) is 3. The van der Waals surface area contributed by atoms with Gasteiger partial charge in [0.15, 0.2) is 0 Å². The number of fused-ring (bicyclic) bond motifs is 1. The normalized spacial score (nSPS) is 23.8. The lowest BCUT2D eigenvalue weighted by Crippen LogP contribution is -2.61. The lowest BCUT2D eigenvalue weighted by molar-refractivity contribution is -0.161. The molecule has 1 fully saturated rings. The van der Waals surface area contributed by atoms with E-state index in [1.54, 1.807) is 31.2 Å². The third-order valence-corrected chi connectivity index (χ3v) is 7.07. The number of carbonyl (C=O) groups is 2. The molecule has 1 saturated heterocycles. The maximum absolute atomic E-state index is 12.2. The van der Waals surface area contributed by atoms with Gasteiger partial charge in [-0.05, 0) is 31.2 Å². The van der Waals surface area contributed by atoms with Crippen LogP contribution in [-0.2, 0) is 20.6 Å². The molecule has 0 saturated carbocycles. The number of carboxylic acids is 1. The second-order valence-corrected chi connectivity index (χ2v) is 9.21. The van der Waals surface area contributed by atoms with Gasteiger partial charge in [0.2, 0.25) is 5.91 Å². The summed E-state index contributed by atoms with van der Waals surface area (Å²) in [7, 11) is -1.38. The van der Waals surface area contributed by atoms with Crippen LogP contribution in [0.3, 0.4) is 0 Å². The fourth-order valence-corrected chi connectivity index (χ4v) is 5.46. The van der Waals surface area contributed by atoms with E-state index >= 15 is 0 Å². The number of aliphatic carboxylic acids is 1. The van der Waals surface area contributed by atoms with Crippen molar-refractivity contribution in [2.75, 3.05) is 12.3 Å². The Bertz CT molecular complexity index is 812. The number of aliphatic hydroxyl groups is 1. The highest BCUT2D eigenvalue weighted by Crippen LogP contribution is 2.46.